The van der Waals surface area contributed by atoms with E-state index in [-0.39, 0.29) is 24.1 Å². The summed E-state index contributed by atoms with van der Waals surface area (Å²) >= 11 is 0. The highest BCUT2D eigenvalue weighted by molar-refractivity contribution is 6.17. The summed E-state index contributed by atoms with van der Waals surface area (Å²) in [6.45, 7) is 3.55. The van der Waals surface area contributed by atoms with Gasteiger partial charge in [-0.1, -0.05) is 32.0 Å². The van der Waals surface area contributed by atoms with Crippen LogP contribution in [0.5, 0.6) is 0 Å². The number of benzene rings is 1. The first-order valence-corrected chi connectivity index (χ1v) is 7.80. The number of nitrogens with zero attached hydrogens (tertiary/aromatic N) is 3. The molecule has 0 heterocycles. The van der Waals surface area contributed by atoms with Crippen LogP contribution in [0, 0.1) is 49.0 Å². The smallest absolute Gasteiger partial charge is 0.273 e. The van der Waals surface area contributed by atoms with Crippen molar-refractivity contribution in [3.63, 3.8) is 0 Å². The lowest BCUT2D eigenvalue weighted by molar-refractivity contribution is -0.385. The Morgan fingerprint density at radius 1 is 1.12 bits per heavy atom. The van der Waals surface area contributed by atoms with Gasteiger partial charge in [0.25, 0.3) is 5.69 Å². The number of nitriles is 2. The Hall–Kier alpha value is -3.06. The van der Waals surface area contributed by atoms with Crippen LogP contribution in [0.1, 0.15) is 38.2 Å². The number of hydrogen-bond donors (Lipinski definition) is 0. The number of carbonyl (C=O) groups is 2. The molecule has 2 fully saturated rings. The Balaban J connectivity index is 2.24. The Morgan fingerprint density at radius 3 is 2.12 bits per heavy atom. The molecule has 0 saturated heterocycles. The first-order chi connectivity index (χ1) is 11.7. The molecular weight excluding hydrogens is 322 g/mol. The van der Waals surface area contributed by atoms with Crippen LogP contribution in [-0.2, 0) is 9.59 Å². The van der Waals surface area contributed by atoms with Gasteiger partial charge in [-0.25, -0.2) is 0 Å². The number of hydrogen-bond acceptors (Lipinski definition) is 6. The molecule has 2 saturated carbocycles. The largest absolute Gasteiger partial charge is 0.298 e. The number of nitro groups is 1. The molecule has 1 spiro atoms. The summed E-state index contributed by atoms with van der Waals surface area (Å²) in [5.41, 5.74) is -4.42. The molecule has 0 radical (unpaired) electrons. The van der Waals surface area contributed by atoms with E-state index in [1.165, 1.54) is 24.3 Å². The van der Waals surface area contributed by atoms with Crippen LogP contribution in [0.15, 0.2) is 24.3 Å². The van der Waals surface area contributed by atoms with Gasteiger partial charge >= 0.3 is 0 Å². The van der Waals surface area contributed by atoms with E-state index in [9.17, 15) is 30.2 Å². The van der Waals surface area contributed by atoms with E-state index in [1.54, 1.807) is 13.8 Å². The Labute approximate surface area is 144 Å². The molecule has 1 atom stereocenters. The van der Waals surface area contributed by atoms with Gasteiger partial charge in [0.1, 0.15) is 17.0 Å². The molecule has 25 heavy (non-hydrogen) atoms. The van der Waals surface area contributed by atoms with Crippen LogP contribution in [-0.4, -0.2) is 16.5 Å². The molecule has 7 heteroatoms. The molecule has 0 bridgehead atoms. The summed E-state index contributed by atoms with van der Waals surface area (Å²) in [7, 11) is 0. The zero-order chi connectivity index (χ0) is 18.6. The number of ketones is 2. The molecule has 1 aromatic rings. The third-order valence-corrected chi connectivity index (χ3v) is 5.36. The van der Waals surface area contributed by atoms with Crippen molar-refractivity contribution in [3.05, 3.63) is 39.9 Å². The van der Waals surface area contributed by atoms with Crippen molar-refractivity contribution in [1.82, 2.24) is 0 Å². The fraction of sp³-hybridized carbons (Fsp3) is 0.444. The number of nitro benzene ring substituents is 1. The number of carbonyl (C=O) groups excluding carboxylic acids is 2. The minimum absolute atomic E-state index is 0.0565. The van der Waals surface area contributed by atoms with Crippen molar-refractivity contribution in [1.29, 1.82) is 10.5 Å². The van der Waals surface area contributed by atoms with E-state index in [0.717, 1.165) is 0 Å². The van der Waals surface area contributed by atoms with Gasteiger partial charge in [0.15, 0.2) is 5.41 Å². The predicted molar refractivity (Wildman–Crippen MR) is 85.0 cm³/mol. The number of Topliss-reactive ketones (excluding diaryl/α,β-unsaturated/α-hetero) is 2. The average molecular weight is 337 g/mol. The topological polar surface area (TPSA) is 125 Å². The Kier molecular flexibility index (Phi) is 3.34. The van der Waals surface area contributed by atoms with Crippen molar-refractivity contribution in [2.75, 3.05) is 0 Å². The van der Waals surface area contributed by atoms with Crippen molar-refractivity contribution >= 4 is 17.3 Å². The van der Waals surface area contributed by atoms with Gasteiger partial charge < -0.3 is 0 Å². The van der Waals surface area contributed by atoms with Gasteiger partial charge in [0, 0.05) is 30.4 Å². The fourth-order valence-corrected chi connectivity index (χ4v) is 4.30. The second-order valence-corrected chi connectivity index (χ2v) is 7.45. The Bertz CT molecular complexity index is 870. The highest BCUT2D eigenvalue weighted by Crippen LogP contribution is 2.77. The lowest BCUT2D eigenvalue weighted by Gasteiger charge is -2.33. The second kappa shape index (κ2) is 4.97. The first-order valence-electron chi connectivity index (χ1n) is 7.80. The summed E-state index contributed by atoms with van der Waals surface area (Å²) in [5.74, 6) is -2.05. The van der Waals surface area contributed by atoms with Crippen molar-refractivity contribution in [2.24, 2.45) is 16.2 Å². The SMILES string of the molecule is CC1(C)CC(=O)C2(C(=O)C1)[C@@H](c1ccccc1[N+](=O)[O-])C2(C#N)C#N. The predicted octanol–water partition coefficient (Wildman–Crippen LogP) is 2.67. The monoisotopic (exact) mass is 337 g/mol. The zero-order valence-corrected chi connectivity index (χ0v) is 13.8. The first kappa shape index (κ1) is 16.8. The number of rotatable bonds is 2. The molecule has 0 aliphatic heterocycles. The summed E-state index contributed by atoms with van der Waals surface area (Å²) < 4.78 is 0. The molecule has 2 aliphatic carbocycles. The minimum atomic E-state index is -1.89. The van der Waals surface area contributed by atoms with Gasteiger partial charge in [-0.15, -0.1) is 0 Å². The second-order valence-electron chi connectivity index (χ2n) is 7.45. The molecular formula is C18H15N3O4. The fourth-order valence-electron chi connectivity index (χ4n) is 4.30. The highest BCUT2D eigenvalue weighted by atomic mass is 16.6. The molecule has 3 rings (SSSR count). The summed E-state index contributed by atoms with van der Waals surface area (Å²) in [5, 5.41) is 30.7. The third-order valence-electron chi connectivity index (χ3n) is 5.36. The van der Waals surface area contributed by atoms with Crippen molar-refractivity contribution in [3.8, 4) is 12.1 Å². The van der Waals surface area contributed by atoms with E-state index in [2.05, 4.69) is 0 Å². The number of para-hydroxylation sites is 1. The maximum Gasteiger partial charge on any atom is 0.273 e. The molecule has 0 aromatic heterocycles. The molecule has 2 aliphatic rings. The molecule has 0 unspecified atom stereocenters. The lowest BCUT2D eigenvalue weighted by Crippen LogP contribution is -2.42. The molecule has 0 amide bonds. The van der Waals surface area contributed by atoms with Gasteiger partial charge in [0.2, 0.25) is 0 Å². The average Bonchev–Trinajstić information content (AvgIpc) is 3.17. The van der Waals surface area contributed by atoms with Gasteiger partial charge in [0.05, 0.1) is 17.1 Å². The van der Waals surface area contributed by atoms with Crippen LogP contribution in [0.2, 0.25) is 0 Å². The van der Waals surface area contributed by atoms with Crippen molar-refractivity contribution in [2.45, 2.75) is 32.6 Å². The summed E-state index contributed by atoms with van der Waals surface area (Å²) in [6, 6.07) is 9.35. The van der Waals surface area contributed by atoms with E-state index < -0.39 is 38.7 Å². The highest BCUT2D eigenvalue weighted by Gasteiger charge is 2.87. The van der Waals surface area contributed by atoms with Gasteiger partial charge in [-0.2, -0.15) is 10.5 Å². The standard InChI is InChI=1S/C18H15N3O4/c1-16(2)7-13(22)18(14(23)8-16)15(17(18,9-19)10-20)11-5-3-4-6-12(11)21(24)25/h3-6,15H,7-8H2,1-2H3/t15-/m0/s1. The normalized spacial score (nSPS) is 25.0. The summed E-state index contributed by atoms with van der Waals surface area (Å²) in [4.78, 5) is 36.5. The quantitative estimate of drug-likeness (QED) is 0.464. The molecule has 7 nitrogen and oxygen atoms in total. The third kappa shape index (κ3) is 1.90. The van der Waals surface area contributed by atoms with Gasteiger partial charge in [-0.05, 0) is 5.41 Å². The van der Waals surface area contributed by atoms with E-state index >= 15 is 0 Å². The zero-order valence-electron chi connectivity index (χ0n) is 13.8. The Morgan fingerprint density at radius 2 is 1.64 bits per heavy atom. The van der Waals surface area contributed by atoms with Crippen LogP contribution in [0.4, 0.5) is 5.69 Å². The van der Waals surface area contributed by atoms with E-state index in [1.807, 2.05) is 12.1 Å². The van der Waals surface area contributed by atoms with Crippen LogP contribution in [0.3, 0.4) is 0 Å². The maximum atomic E-state index is 12.9. The van der Waals surface area contributed by atoms with E-state index in [4.69, 9.17) is 0 Å². The maximum absolute atomic E-state index is 12.9. The molecule has 0 N–H and O–H groups in total. The molecule has 1 aromatic carbocycles. The van der Waals surface area contributed by atoms with Gasteiger partial charge in [-0.3, -0.25) is 19.7 Å². The van der Waals surface area contributed by atoms with Crippen LogP contribution >= 0.6 is 0 Å². The van der Waals surface area contributed by atoms with Crippen LogP contribution < -0.4 is 0 Å². The molecule has 126 valence electrons. The summed E-state index contributed by atoms with van der Waals surface area (Å²) in [6.07, 6.45) is 0.113. The lowest BCUT2D eigenvalue weighted by atomic mass is 9.67. The minimum Gasteiger partial charge on any atom is -0.298 e. The van der Waals surface area contributed by atoms with Crippen molar-refractivity contribution < 1.29 is 14.5 Å². The van der Waals surface area contributed by atoms with Crippen LogP contribution in [0.25, 0.3) is 0 Å². The van der Waals surface area contributed by atoms with E-state index in [0.29, 0.717) is 0 Å².